The first-order chi connectivity index (χ1) is 9.23. The predicted molar refractivity (Wildman–Crippen MR) is 68.0 cm³/mol. The molecule has 0 bridgehead atoms. The number of amides is 3. The van der Waals surface area contributed by atoms with Gasteiger partial charge in [-0.05, 0) is 26.0 Å². The van der Waals surface area contributed by atoms with Crippen molar-refractivity contribution in [3.8, 4) is 11.5 Å². The van der Waals surface area contributed by atoms with Gasteiger partial charge in [0.2, 0.25) is 5.91 Å². The molecule has 1 heterocycles. The van der Waals surface area contributed by atoms with Crippen LogP contribution in [0.3, 0.4) is 0 Å². The van der Waals surface area contributed by atoms with Gasteiger partial charge in [0.05, 0.1) is 5.56 Å². The van der Waals surface area contributed by atoms with Crippen LogP contribution in [-0.4, -0.2) is 44.9 Å². The molecule has 0 spiro atoms. The van der Waals surface area contributed by atoms with Crippen molar-refractivity contribution in [3.63, 3.8) is 0 Å². The Labute approximate surface area is 114 Å². The van der Waals surface area contributed by atoms with Crippen molar-refractivity contribution in [1.29, 1.82) is 0 Å². The van der Waals surface area contributed by atoms with E-state index in [1.54, 1.807) is 0 Å². The smallest absolute Gasteiger partial charge is 0.258 e. The van der Waals surface area contributed by atoms with Crippen molar-refractivity contribution in [2.24, 2.45) is 0 Å². The van der Waals surface area contributed by atoms with E-state index in [4.69, 9.17) is 0 Å². The average Bonchev–Trinajstić information content (AvgIpc) is 2.33. The fourth-order valence-electron chi connectivity index (χ4n) is 1.95. The minimum absolute atomic E-state index is 0.0848. The number of aromatic hydroxyl groups is 2. The summed E-state index contributed by atoms with van der Waals surface area (Å²) >= 11 is 0. The lowest BCUT2D eigenvalue weighted by Gasteiger charge is -2.40. The van der Waals surface area contributed by atoms with Gasteiger partial charge in [-0.2, -0.15) is 0 Å². The predicted octanol–water partition coefficient (Wildman–Crippen LogP) is -0.0250. The molecule has 1 aromatic carbocycles. The van der Waals surface area contributed by atoms with Gasteiger partial charge in [0.15, 0.2) is 0 Å². The number of benzene rings is 1. The van der Waals surface area contributed by atoms with Gasteiger partial charge in [-0.25, -0.2) is 0 Å². The standard InChI is InChI=1S/C13H14N2O5/c1-13(2)12(20)14-10(18)6-15(13)11(19)8-4-3-7(16)5-9(8)17/h3-5,16-17H,6H2,1-2H3,(H,14,18,20). The number of phenols is 2. The van der Waals surface area contributed by atoms with Crippen LogP contribution >= 0.6 is 0 Å². The highest BCUT2D eigenvalue weighted by molar-refractivity contribution is 6.09. The molecule has 106 valence electrons. The van der Waals surface area contributed by atoms with Crippen molar-refractivity contribution >= 4 is 17.7 Å². The normalized spacial score (nSPS) is 17.8. The third-order valence-electron chi connectivity index (χ3n) is 3.24. The van der Waals surface area contributed by atoms with E-state index in [2.05, 4.69) is 5.32 Å². The summed E-state index contributed by atoms with van der Waals surface area (Å²) in [6, 6.07) is 3.50. The summed E-state index contributed by atoms with van der Waals surface area (Å²) in [5.74, 6) is -2.42. The highest BCUT2D eigenvalue weighted by Gasteiger charge is 2.44. The van der Waals surface area contributed by atoms with Crippen LogP contribution in [0.25, 0.3) is 0 Å². The second-order valence-corrected chi connectivity index (χ2v) is 5.03. The minimum Gasteiger partial charge on any atom is -0.508 e. The highest BCUT2D eigenvalue weighted by atomic mass is 16.3. The first-order valence-electron chi connectivity index (χ1n) is 5.91. The fourth-order valence-corrected chi connectivity index (χ4v) is 1.95. The van der Waals surface area contributed by atoms with E-state index in [1.165, 1.54) is 26.0 Å². The molecule has 1 aromatic rings. The topological polar surface area (TPSA) is 107 Å². The zero-order valence-electron chi connectivity index (χ0n) is 11.0. The van der Waals surface area contributed by atoms with Gasteiger partial charge < -0.3 is 15.1 Å². The third kappa shape index (κ3) is 2.18. The van der Waals surface area contributed by atoms with Gasteiger partial charge in [0, 0.05) is 6.07 Å². The van der Waals surface area contributed by atoms with E-state index in [-0.39, 0.29) is 17.9 Å². The van der Waals surface area contributed by atoms with Crippen LogP contribution in [0, 0.1) is 0 Å². The molecule has 7 nitrogen and oxygen atoms in total. The van der Waals surface area contributed by atoms with E-state index in [0.717, 1.165) is 11.0 Å². The Morgan fingerprint density at radius 2 is 1.95 bits per heavy atom. The molecular formula is C13H14N2O5. The van der Waals surface area contributed by atoms with E-state index >= 15 is 0 Å². The lowest BCUT2D eigenvalue weighted by molar-refractivity contribution is -0.143. The number of carbonyl (C=O) groups excluding carboxylic acids is 3. The summed E-state index contributed by atoms with van der Waals surface area (Å²) in [6.45, 7) is 2.73. The molecular weight excluding hydrogens is 264 g/mol. The Balaban J connectivity index is 2.40. The molecule has 20 heavy (non-hydrogen) atoms. The second-order valence-electron chi connectivity index (χ2n) is 5.03. The third-order valence-corrected chi connectivity index (χ3v) is 3.24. The summed E-state index contributed by atoms with van der Waals surface area (Å²) in [4.78, 5) is 36.7. The number of hydrogen-bond donors (Lipinski definition) is 3. The Morgan fingerprint density at radius 1 is 1.30 bits per heavy atom. The molecule has 0 aliphatic carbocycles. The zero-order valence-corrected chi connectivity index (χ0v) is 11.0. The van der Waals surface area contributed by atoms with Crippen molar-refractivity contribution in [2.75, 3.05) is 6.54 Å². The minimum atomic E-state index is -1.21. The first kappa shape index (κ1) is 13.9. The molecule has 2 rings (SSSR count). The van der Waals surface area contributed by atoms with Crippen LogP contribution in [0.4, 0.5) is 0 Å². The lowest BCUT2D eigenvalue weighted by atomic mass is 9.97. The maximum Gasteiger partial charge on any atom is 0.258 e. The largest absolute Gasteiger partial charge is 0.508 e. The van der Waals surface area contributed by atoms with Crippen molar-refractivity contribution in [3.05, 3.63) is 23.8 Å². The van der Waals surface area contributed by atoms with Gasteiger partial charge in [0.1, 0.15) is 23.6 Å². The Hall–Kier alpha value is -2.57. The van der Waals surface area contributed by atoms with Crippen molar-refractivity contribution < 1.29 is 24.6 Å². The molecule has 0 saturated carbocycles. The molecule has 1 saturated heterocycles. The average molecular weight is 278 g/mol. The monoisotopic (exact) mass is 278 g/mol. The number of carbonyl (C=O) groups is 3. The number of nitrogens with zero attached hydrogens (tertiary/aromatic N) is 1. The highest BCUT2D eigenvalue weighted by Crippen LogP contribution is 2.27. The maximum absolute atomic E-state index is 12.4. The van der Waals surface area contributed by atoms with E-state index in [9.17, 15) is 24.6 Å². The van der Waals surface area contributed by atoms with Crippen LogP contribution in [0.1, 0.15) is 24.2 Å². The van der Waals surface area contributed by atoms with Crippen LogP contribution in [0.5, 0.6) is 11.5 Å². The SMILES string of the molecule is CC1(C)C(=O)NC(=O)CN1C(=O)c1ccc(O)cc1O. The number of nitrogens with one attached hydrogen (secondary N) is 1. The summed E-state index contributed by atoms with van der Waals surface area (Å²) in [6.07, 6.45) is 0. The van der Waals surface area contributed by atoms with Crippen molar-refractivity contribution in [2.45, 2.75) is 19.4 Å². The van der Waals surface area contributed by atoms with E-state index in [0.29, 0.717) is 0 Å². The quantitative estimate of drug-likeness (QED) is 0.626. The Kier molecular flexibility index (Phi) is 3.13. The van der Waals surface area contributed by atoms with E-state index in [1.807, 2.05) is 0 Å². The molecule has 3 amide bonds. The lowest BCUT2D eigenvalue weighted by Crippen LogP contribution is -2.65. The number of rotatable bonds is 1. The van der Waals surface area contributed by atoms with E-state index < -0.39 is 29.0 Å². The zero-order chi connectivity index (χ0) is 15.1. The molecule has 0 radical (unpaired) electrons. The van der Waals surface area contributed by atoms with Crippen LogP contribution in [0.2, 0.25) is 0 Å². The molecule has 0 atom stereocenters. The molecule has 0 aromatic heterocycles. The number of imide groups is 1. The second kappa shape index (κ2) is 4.52. The Morgan fingerprint density at radius 3 is 2.55 bits per heavy atom. The Bertz CT molecular complexity index is 609. The molecule has 1 aliphatic heterocycles. The van der Waals surface area contributed by atoms with Crippen LogP contribution < -0.4 is 5.32 Å². The molecule has 1 fully saturated rings. The number of hydrogen-bond acceptors (Lipinski definition) is 5. The van der Waals surface area contributed by atoms with Gasteiger partial charge in [0.25, 0.3) is 11.8 Å². The van der Waals surface area contributed by atoms with Crippen LogP contribution in [0.15, 0.2) is 18.2 Å². The van der Waals surface area contributed by atoms with Crippen molar-refractivity contribution in [1.82, 2.24) is 10.2 Å². The summed E-state index contributed by atoms with van der Waals surface area (Å²) < 4.78 is 0. The summed E-state index contributed by atoms with van der Waals surface area (Å²) in [5, 5.41) is 21.1. The summed E-state index contributed by atoms with van der Waals surface area (Å²) in [7, 11) is 0. The van der Waals surface area contributed by atoms with Gasteiger partial charge in [-0.1, -0.05) is 0 Å². The molecule has 3 N–H and O–H groups in total. The fraction of sp³-hybridized carbons (Fsp3) is 0.308. The number of piperazine rings is 1. The molecule has 0 unspecified atom stereocenters. The summed E-state index contributed by atoms with van der Waals surface area (Å²) in [5.41, 5.74) is -1.30. The van der Waals surface area contributed by atoms with Gasteiger partial charge in [-0.15, -0.1) is 0 Å². The molecule has 1 aliphatic rings. The maximum atomic E-state index is 12.4. The van der Waals surface area contributed by atoms with Crippen LogP contribution in [-0.2, 0) is 9.59 Å². The number of phenolic OH excluding ortho intramolecular Hbond substituents is 2. The first-order valence-corrected chi connectivity index (χ1v) is 5.91. The molecule has 7 heteroatoms. The van der Waals surface area contributed by atoms with Gasteiger partial charge >= 0.3 is 0 Å². The van der Waals surface area contributed by atoms with Gasteiger partial charge in [-0.3, -0.25) is 19.7 Å².